The molecule has 0 aliphatic heterocycles. The van der Waals surface area contributed by atoms with E-state index < -0.39 is 29.9 Å². The second-order valence-corrected chi connectivity index (χ2v) is 10.8. The fraction of sp³-hybridized carbons (Fsp3) is 0.457. The van der Waals surface area contributed by atoms with Gasteiger partial charge in [-0.25, -0.2) is 0 Å². The van der Waals surface area contributed by atoms with Crippen LogP contribution >= 0.6 is 0 Å². The number of benzene rings is 2. The summed E-state index contributed by atoms with van der Waals surface area (Å²) in [5, 5.41) is 20.7. The average molecular weight is 577 g/mol. The highest BCUT2D eigenvalue weighted by molar-refractivity contribution is 6.09. The number of carbonyl (C=O) groups is 3. The largest absolute Gasteiger partial charge is 0.504 e. The molecule has 0 aliphatic carbocycles. The summed E-state index contributed by atoms with van der Waals surface area (Å²) in [6, 6.07) is 15.0. The van der Waals surface area contributed by atoms with Crippen molar-refractivity contribution >= 4 is 17.5 Å². The second kappa shape index (κ2) is 17.8. The van der Waals surface area contributed by atoms with E-state index in [0.717, 1.165) is 19.3 Å². The number of ketones is 2. The van der Waals surface area contributed by atoms with Crippen molar-refractivity contribution in [2.45, 2.75) is 103 Å². The summed E-state index contributed by atoms with van der Waals surface area (Å²) >= 11 is 0. The van der Waals surface area contributed by atoms with Crippen LogP contribution in [0.5, 0.6) is 17.4 Å². The van der Waals surface area contributed by atoms with E-state index in [1.54, 1.807) is 36.4 Å². The van der Waals surface area contributed by atoms with E-state index in [1.165, 1.54) is 69.9 Å². The Bertz CT molecular complexity index is 1280. The highest BCUT2D eigenvalue weighted by Gasteiger charge is 2.27. The number of hydrogen-bond donors (Lipinski definition) is 2. The normalized spacial score (nSPS) is 11.0. The van der Waals surface area contributed by atoms with Crippen molar-refractivity contribution in [1.82, 2.24) is 0 Å². The zero-order valence-electron chi connectivity index (χ0n) is 24.7. The average Bonchev–Trinajstić information content (AvgIpc) is 3.27. The van der Waals surface area contributed by atoms with Gasteiger partial charge < -0.3 is 19.4 Å². The standard InChI is InChI=1S/C35H44O7/c1-2-3-4-5-6-7-8-9-10-11-12-13-17-23-29(36)32-34(39)30(42-35(32)40)25-31(37)41-28-22-18-21-27(24-28)33(38)26-19-15-14-16-20-26/h14-16,18-22,24,39-40H,2-13,17,23,25H2,1H3. The number of rotatable bonds is 20. The molecule has 0 amide bonds. The topological polar surface area (TPSA) is 114 Å². The van der Waals surface area contributed by atoms with Crippen LogP contribution in [0.25, 0.3) is 0 Å². The maximum absolute atomic E-state index is 12.7. The first-order chi connectivity index (χ1) is 20.4. The van der Waals surface area contributed by atoms with E-state index in [1.807, 2.05) is 6.07 Å². The summed E-state index contributed by atoms with van der Waals surface area (Å²) in [4.78, 5) is 37.9. The maximum Gasteiger partial charge on any atom is 0.319 e. The minimum absolute atomic E-state index is 0.149. The van der Waals surface area contributed by atoms with Gasteiger partial charge in [-0.1, -0.05) is 126 Å². The molecule has 0 bridgehead atoms. The predicted molar refractivity (Wildman–Crippen MR) is 162 cm³/mol. The molecule has 7 nitrogen and oxygen atoms in total. The first-order valence-corrected chi connectivity index (χ1v) is 15.4. The van der Waals surface area contributed by atoms with Gasteiger partial charge in [0.05, 0.1) is 0 Å². The third kappa shape index (κ3) is 10.5. The molecule has 226 valence electrons. The summed E-state index contributed by atoms with van der Waals surface area (Å²) < 4.78 is 10.5. The Morgan fingerprint density at radius 2 is 1.29 bits per heavy atom. The van der Waals surface area contributed by atoms with Crippen LogP contribution in [-0.4, -0.2) is 27.7 Å². The van der Waals surface area contributed by atoms with E-state index in [-0.39, 0.29) is 29.3 Å². The number of furan rings is 1. The molecule has 7 heteroatoms. The second-order valence-electron chi connectivity index (χ2n) is 10.8. The van der Waals surface area contributed by atoms with Crippen LogP contribution in [0.1, 0.15) is 129 Å². The first kappa shape index (κ1) is 32.6. The molecule has 1 aromatic heterocycles. The Morgan fingerprint density at radius 3 is 1.90 bits per heavy atom. The fourth-order valence-corrected chi connectivity index (χ4v) is 5.01. The van der Waals surface area contributed by atoms with Crippen molar-refractivity contribution in [1.29, 1.82) is 0 Å². The molecular formula is C35H44O7. The van der Waals surface area contributed by atoms with Gasteiger partial charge in [0.25, 0.3) is 5.95 Å². The molecule has 42 heavy (non-hydrogen) atoms. The number of carbonyl (C=O) groups excluding carboxylic acids is 3. The number of hydrogen-bond acceptors (Lipinski definition) is 7. The van der Waals surface area contributed by atoms with Crippen LogP contribution in [0.15, 0.2) is 59.0 Å². The predicted octanol–water partition coefficient (Wildman–Crippen LogP) is 8.73. The Kier molecular flexibility index (Phi) is 13.9. The van der Waals surface area contributed by atoms with Crippen molar-refractivity contribution in [3.05, 3.63) is 77.0 Å². The van der Waals surface area contributed by atoms with Gasteiger partial charge >= 0.3 is 5.97 Å². The van der Waals surface area contributed by atoms with E-state index in [2.05, 4.69) is 6.92 Å². The van der Waals surface area contributed by atoms with Crippen molar-refractivity contribution in [2.75, 3.05) is 0 Å². The highest BCUT2D eigenvalue weighted by atomic mass is 16.5. The van der Waals surface area contributed by atoms with Gasteiger partial charge in [-0.05, 0) is 18.6 Å². The third-order valence-corrected chi connectivity index (χ3v) is 7.39. The Balaban J connectivity index is 1.39. The van der Waals surface area contributed by atoms with Gasteiger partial charge in [0.15, 0.2) is 23.1 Å². The number of esters is 1. The van der Waals surface area contributed by atoms with Crippen LogP contribution in [0.4, 0.5) is 0 Å². The van der Waals surface area contributed by atoms with Gasteiger partial charge in [0.1, 0.15) is 17.7 Å². The van der Waals surface area contributed by atoms with Crippen molar-refractivity contribution in [3.63, 3.8) is 0 Å². The number of Topliss-reactive ketones (excluding diaryl/α,β-unsaturated/α-hetero) is 1. The lowest BCUT2D eigenvalue weighted by molar-refractivity contribution is -0.133. The zero-order valence-corrected chi connectivity index (χ0v) is 24.7. The van der Waals surface area contributed by atoms with Crippen molar-refractivity contribution < 1.29 is 33.8 Å². The lowest BCUT2D eigenvalue weighted by atomic mass is 10.0. The van der Waals surface area contributed by atoms with Gasteiger partial charge in [-0.2, -0.15) is 0 Å². The molecule has 3 aromatic rings. The Morgan fingerprint density at radius 1 is 0.714 bits per heavy atom. The summed E-state index contributed by atoms with van der Waals surface area (Å²) in [5.74, 6) is -2.77. The minimum Gasteiger partial charge on any atom is -0.504 e. The van der Waals surface area contributed by atoms with Crippen LogP contribution in [0.2, 0.25) is 0 Å². The summed E-state index contributed by atoms with van der Waals surface area (Å²) in [6.07, 6.45) is 15.1. The summed E-state index contributed by atoms with van der Waals surface area (Å²) in [5.41, 5.74) is 0.561. The third-order valence-electron chi connectivity index (χ3n) is 7.39. The fourth-order valence-electron chi connectivity index (χ4n) is 5.01. The van der Waals surface area contributed by atoms with E-state index in [0.29, 0.717) is 17.5 Å². The molecule has 0 atom stereocenters. The SMILES string of the molecule is CCCCCCCCCCCCCCCC(=O)c1c(O)oc(CC(=O)Oc2cccc(C(=O)c3ccccc3)c2)c1O. The summed E-state index contributed by atoms with van der Waals surface area (Å²) in [6.45, 7) is 2.24. The monoisotopic (exact) mass is 576 g/mol. The van der Waals surface area contributed by atoms with Gasteiger partial charge in [-0.3, -0.25) is 14.4 Å². The van der Waals surface area contributed by atoms with E-state index >= 15 is 0 Å². The van der Waals surface area contributed by atoms with E-state index in [9.17, 15) is 24.6 Å². The molecule has 2 N–H and O–H groups in total. The smallest absolute Gasteiger partial charge is 0.319 e. The zero-order chi connectivity index (χ0) is 30.2. The molecule has 0 unspecified atom stereocenters. The van der Waals surface area contributed by atoms with Crippen LogP contribution in [0.3, 0.4) is 0 Å². The molecule has 1 heterocycles. The maximum atomic E-state index is 12.7. The molecule has 0 saturated heterocycles. The minimum atomic E-state index is -0.779. The van der Waals surface area contributed by atoms with Crippen LogP contribution in [-0.2, 0) is 11.2 Å². The summed E-state index contributed by atoms with van der Waals surface area (Å²) in [7, 11) is 0. The van der Waals surface area contributed by atoms with Gasteiger partial charge in [0.2, 0.25) is 0 Å². The number of unbranched alkanes of at least 4 members (excludes halogenated alkanes) is 12. The molecule has 3 rings (SSSR count). The van der Waals surface area contributed by atoms with Crippen LogP contribution in [0, 0.1) is 0 Å². The highest BCUT2D eigenvalue weighted by Crippen LogP contribution is 2.36. The lowest BCUT2D eigenvalue weighted by Gasteiger charge is -2.06. The number of ether oxygens (including phenoxy) is 1. The quantitative estimate of drug-likeness (QED) is 0.0598. The number of aromatic hydroxyl groups is 2. The molecule has 2 aromatic carbocycles. The van der Waals surface area contributed by atoms with Crippen molar-refractivity contribution in [2.24, 2.45) is 0 Å². The molecular weight excluding hydrogens is 532 g/mol. The Hall–Kier alpha value is -3.87. The molecule has 0 aliphatic rings. The molecule has 0 spiro atoms. The van der Waals surface area contributed by atoms with Gasteiger partial charge in [-0.15, -0.1) is 0 Å². The first-order valence-electron chi connectivity index (χ1n) is 15.4. The molecule has 0 saturated carbocycles. The van der Waals surface area contributed by atoms with Gasteiger partial charge in [0, 0.05) is 17.5 Å². The Labute approximate surface area is 248 Å². The molecule has 0 fully saturated rings. The lowest BCUT2D eigenvalue weighted by Crippen LogP contribution is -2.11. The molecule has 0 radical (unpaired) electrons. The van der Waals surface area contributed by atoms with Crippen LogP contribution < -0.4 is 4.74 Å². The van der Waals surface area contributed by atoms with E-state index in [4.69, 9.17) is 9.15 Å². The van der Waals surface area contributed by atoms with Crippen molar-refractivity contribution in [3.8, 4) is 17.4 Å².